The van der Waals surface area contributed by atoms with E-state index in [-0.39, 0.29) is 0 Å². The highest BCUT2D eigenvalue weighted by Gasteiger charge is 2.25. The zero-order chi connectivity index (χ0) is 16.1. The first-order chi connectivity index (χ1) is 11.3. The lowest BCUT2D eigenvalue weighted by Gasteiger charge is -2.26. The Morgan fingerprint density at radius 1 is 1.13 bits per heavy atom. The highest BCUT2D eigenvalue weighted by Crippen LogP contribution is 2.36. The summed E-state index contributed by atoms with van der Waals surface area (Å²) in [5, 5.41) is 0. The van der Waals surface area contributed by atoms with E-state index in [2.05, 4.69) is 37.3 Å². The molecule has 0 bridgehead atoms. The summed E-state index contributed by atoms with van der Waals surface area (Å²) in [6.45, 7) is 2.12. The van der Waals surface area contributed by atoms with Gasteiger partial charge in [0.05, 0.1) is 0 Å². The lowest BCUT2D eigenvalue weighted by Crippen LogP contribution is -2.16. The number of aryl methyl sites for hydroxylation is 1. The molecule has 1 nitrogen and oxygen atoms in total. The summed E-state index contributed by atoms with van der Waals surface area (Å²) in [5.41, 5.74) is 10.9. The predicted molar refractivity (Wildman–Crippen MR) is 99.8 cm³/mol. The highest BCUT2D eigenvalue weighted by molar-refractivity contribution is 5.36. The smallest absolute Gasteiger partial charge is 0.00448 e. The maximum Gasteiger partial charge on any atom is 0.00448 e. The molecule has 3 atom stereocenters. The van der Waals surface area contributed by atoms with Crippen molar-refractivity contribution >= 4 is 0 Å². The van der Waals surface area contributed by atoms with Crippen LogP contribution >= 0.6 is 0 Å². The van der Waals surface area contributed by atoms with Crippen LogP contribution in [0.5, 0.6) is 0 Å². The van der Waals surface area contributed by atoms with Crippen molar-refractivity contribution in [2.75, 3.05) is 0 Å². The molecule has 1 aromatic carbocycles. The molecule has 2 aliphatic carbocycles. The molecule has 23 heavy (non-hydrogen) atoms. The maximum atomic E-state index is 6.09. The van der Waals surface area contributed by atoms with Gasteiger partial charge in [0.1, 0.15) is 0 Å². The minimum atomic E-state index is 0.433. The summed E-state index contributed by atoms with van der Waals surface area (Å²) in [6, 6.07) is 7.78. The summed E-state index contributed by atoms with van der Waals surface area (Å²) in [4.78, 5) is 0. The molecular formula is C22H33N. The van der Waals surface area contributed by atoms with Crippen LogP contribution in [0.3, 0.4) is 0 Å². The second-order valence-corrected chi connectivity index (χ2v) is 7.76. The largest absolute Gasteiger partial charge is 0.328 e. The highest BCUT2D eigenvalue weighted by atomic mass is 14.6. The molecule has 3 unspecified atom stereocenters. The standard InChI is InChI=1S/C22H33N/c1-2-3-4-5-6-7-17-8-9-19-15-20(11-10-18(19)14-17)21-12-13-22(23)16-21/h2-3,10-11,15,17,21-22H,4-9,12-14,16,23H2,1H3/b3-2-. The molecule has 0 saturated heterocycles. The minimum absolute atomic E-state index is 0.433. The molecule has 3 rings (SSSR count). The number of unbranched alkanes of at least 4 members (excludes halogenated alkanes) is 2. The van der Waals surface area contributed by atoms with Crippen molar-refractivity contribution in [2.24, 2.45) is 11.7 Å². The number of allylic oxidation sites excluding steroid dienone is 2. The Bertz CT molecular complexity index is 531. The van der Waals surface area contributed by atoms with Gasteiger partial charge in [-0.3, -0.25) is 0 Å². The molecule has 1 heteroatoms. The van der Waals surface area contributed by atoms with Crippen LogP contribution in [-0.4, -0.2) is 6.04 Å². The minimum Gasteiger partial charge on any atom is -0.328 e. The van der Waals surface area contributed by atoms with E-state index in [1.807, 2.05) is 0 Å². The zero-order valence-corrected chi connectivity index (χ0v) is 14.8. The Morgan fingerprint density at radius 3 is 2.83 bits per heavy atom. The van der Waals surface area contributed by atoms with E-state index in [9.17, 15) is 0 Å². The van der Waals surface area contributed by atoms with Crippen molar-refractivity contribution < 1.29 is 0 Å². The Hall–Kier alpha value is -1.08. The summed E-state index contributed by atoms with van der Waals surface area (Å²) in [7, 11) is 0. The van der Waals surface area contributed by atoms with Crippen molar-refractivity contribution in [1.82, 2.24) is 0 Å². The molecule has 1 fully saturated rings. The quantitative estimate of drug-likeness (QED) is 0.543. The molecule has 2 aliphatic rings. The van der Waals surface area contributed by atoms with Gasteiger partial charge in [-0.2, -0.15) is 0 Å². The number of nitrogens with two attached hydrogens (primary N) is 1. The van der Waals surface area contributed by atoms with Gasteiger partial charge in [-0.1, -0.05) is 43.2 Å². The van der Waals surface area contributed by atoms with Gasteiger partial charge in [-0.15, -0.1) is 0 Å². The molecule has 1 saturated carbocycles. The normalized spacial score (nSPS) is 27.5. The third kappa shape index (κ3) is 4.47. The van der Waals surface area contributed by atoms with Crippen molar-refractivity contribution in [3.05, 3.63) is 47.0 Å². The lowest BCUT2D eigenvalue weighted by molar-refractivity contribution is 0.409. The first-order valence-corrected chi connectivity index (χ1v) is 9.74. The topological polar surface area (TPSA) is 26.0 Å². The van der Waals surface area contributed by atoms with Gasteiger partial charge in [-0.05, 0) is 86.8 Å². The fourth-order valence-corrected chi connectivity index (χ4v) is 4.53. The van der Waals surface area contributed by atoms with Gasteiger partial charge in [0.2, 0.25) is 0 Å². The Morgan fingerprint density at radius 2 is 2.04 bits per heavy atom. The van der Waals surface area contributed by atoms with E-state index in [1.54, 1.807) is 16.7 Å². The van der Waals surface area contributed by atoms with Crippen LogP contribution in [0.4, 0.5) is 0 Å². The second-order valence-electron chi connectivity index (χ2n) is 7.76. The van der Waals surface area contributed by atoms with E-state index < -0.39 is 0 Å². The van der Waals surface area contributed by atoms with E-state index in [0.29, 0.717) is 6.04 Å². The number of benzene rings is 1. The Balaban J connectivity index is 1.53. The van der Waals surface area contributed by atoms with Crippen LogP contribution in [0.25, 0.3) is 0 Å². The molecule has 0 amide bonds. The molecule has 1 aromatic rings. The first-order valence-electron chi connectivity index (χ1n) is 9.74. The average molecular weight is 312 g/mol. The van der Waals surface area contributed by atoms with Crippen molar-refractivity contribution in [3.63, 3.8) is 0 Å². The van der Waals surface area contributed by atoms with Crippen LogP contribution in [0.2, 0.25) is 0 Å². The maximum absolute atomic E-state index is 6.09. The summed E-state index contributed by atoms with van der Waals surface area (Å²) in [5.74, 6) is 1.64. The molecule has 0 aromatic heterocycles. The van der Waals surface area contributed by atoms with Crippen LogP contribution in [0, 0.1) is 5.92 Å². The molecule has 126 valence electrons. The molecule has 0 aliphatic heterocycles. The van der Waals surface area contributed by atoms with Crippen LogP contribution in [0.1, 0.15) is 80.9 Å². The predicted octanol–water partition coefficient (Wildman–Crippen LogP) is 5.52. The van der Waals surface area contributed by atoms with Gasteiger partial charge in [0.15, 0.2) is 0 Å². The number of hydrogen-bond donors (Lipinski definition) is 1. The van der Waals surface area contributed by atoms with Crippen LogP contribution in [-0.2, 0) is 12.8 Å². The van der Waals surface area contributed by atoms with E-state index in [4.69, 9.17) is 5.73 Å². The fourth-order valence-electron chi connectivity index (χ4n) is 4.53. The molecule has 0 heterocycles. The summed E-state index contributed by atoms with van der Waals surface area (Å²) < 4.78 is 0. The van der Waals surface area contributed by atoms with Gasteiger partial charge < -0.3 is 5.73 Å². The van der Waals surface area contributed by atoms with Gasteiger partial charge in [0, 0.05) is 6.04 Å². The summed E-state index contributed by atoms with van der Waals surface area (Å²) >= 11 is 0. The first kappa shape index (κ1) is 16.8. The van der Waals surface area contributed by atoms with Crippen molar-refractivity contribution in [3.8, 4) is 0 Å². The van der Waals surface area contributed by atoms with Gasteiger partial charge in [0.25, 0.3) is 0 Å². The second kappa shape index (κ2) is 8.15. The third-order valence-corrected chi connectivity index (χ3v) is 5.97. The number of fused-ring (bicyclic) bond motifs is 1. The fraction of sp³-hybridized carbons (Fsp3) is 0.636. The Kier molecular flexibility index (Phi) is 5.94. The van der Waals surface area contributed by atoms with Gasteiger partial charge >= 0.3 is 0 Å². The van der Waals surface area contributed by atoms with E-state index in [1.165, 1.54) is 64.2 Å². The number of hydrogen-bond acceptors (Lipinski definition) is 1. The van der Waals surface area contributed by atoms with Crippen molar-refractivity contribution in [1.29, 1.82) is 0 Å². The Labute approximate surface area is 142 Å². The van der Waals surface area contributed by atoms with E-state index >= 15 is 0 Å². The average Bonchev–Trinajstić information content (AvgIpc) is 3.00. The third-order valence-electron chi connectivity index (χ3n) is 5.97. The van der Waals surface area contributed by atoms with Crippen molar-refractivity contribution in [2.45, 2.75) is 83.1 Å². The van der Waals surface area contributed by atoms with Crippen LogP contribution < -0.4 is 5.73 Å². The van der Waals surface area contributed by atoms with E-state index in [0.717, 1.165) is 11.8 Å². The molecule has 0 radical (unpaired) electrons. The zero-order valence-electron chi connectivity index (χ0n) is 14.8. The van der Waals surface area contributed by atoms with Gasteiger partial charge in [-0.25, -0.2) is 0 Å². The molecular weight excluding hydrogens is 278 g/mol. The molecule has 2 N–H and O–H groups in total. The van der Waals surface area contributed by atoms with Crippen LogP contribution in [0.15, 0.2) is 30.4 Å². The SMILES string of the molecule is C/C=C\CCCCC1CCc2cc(C3CCC(N)C3)ccc2C1. The number of rotatable bonds is 6. The molecule has 0 spiro atoms. The summed E-state index contributed by atoms with van der Waals surface area (Å²) in [6.07, 6.45) is 17.6. The monoisotopic (exact) mass is 311 g/mol. The lowest BCUT2D eigenvalue weighted by atomic mass is 9.80.